The highest BCUT2D eigenvalue weighted by Gasteiger charge is 2.17. The number of hydrogen-bond acceptors (Lipinski definition) is 0. The Bertz CT molecular complexity index is 639. The quantitative estimate of drug-likeness (QED) is 0.575. The Labute approximate surface area is 108 Å². The molecule has 0 N–H and O–H groups in total. The second kappa shape index (κ2) is 5.07. The van der Waals surface area contributed by atoms with Gasteiger partial charge in [0.25, 0.3) is 0 Å². The standard InChI is InChI=1S/C17H10P/c1-3-9-15(10-4-1)18(17-13-7-8-14-17)16-11-5-2-6-12-16/h1-6,9-12H. The molecule has 0 heterocycles. The summed E-state index contributed by atoms with van der Waals surface area (Å²) < 4.78 is 0. The lowest BCUT2D eigenvalue weighted by atomic mass is 10.4. The number of allylic oxidation sites excluding steroid dienone is 2. The highest BCUT2D eigenvalue weighted by molar-refractivity contribution is 7.76. The lowest BCUT2D eigenvalue weighted by molar-refractivity contribution is 1.74. The van der Waals surface area contributed by atoms with Crippen LogP contribution in [0.15, 0.2) is 83.2 Å². The summed E-state index contributed by atoms with van der Waals surface area (Å²) in [5.74, 6) is 0. The minimum Gasteiger partial charge on any atom is -0.0622 e. The summed E-state index contributed by atoms with van der Waals surface area (Å²) in [6, 6.07) is 21.0. The molecule has 0 aromatic heterocycles. The molecule has 1 radical (unpaired) electrons. The molecule has 0 spiro atoms. The van der Waals surface area contributed by atoms with Gasteiger partial charge in [0, 0.05) is 0 Å². The number of rotatable bonds is 3. The maximum Gasteiger partial charge on any atom is 0.0593 e. The first-order valence-corrected chi connectivity index (χ1v) is 7.08. The van der Waals surface area contributed by atoms with E-state index in [1.54, 1.807) is 0 Å². The van der Waals surface area contributed by atoms with Crippen molar-refractivity contribution in [2.75, 3.05) is 0 Å². The zero-order chi connectivity index (χ0) is 12.2. The van der Waals surface area contributed by atoms with Gasteiger partial charge in [0.05, 0.1) is 11.4 Å². The SMILES string of the molecule is [C]1=C=C=C=C1P(c1ccccc1)c1ccccc1. The summed E-state index contributed by atoms with van der Waals surface area (Å²) in [6.07, 6.45) is 3.13. The third kappa shape index (κ3) is 2.15. The van der Waals surface area contributed by atoms with Gasteiger partial charge in [0.1, 0.15) is 0 Å². The maximum atomic E-state index is 3.13. The Balaban J connectivity index is 2.11. The first kappa shape index (κ1) is 11.1. The Morgan fingerprint density at radius 3 is 1.67 bits per heavy atom. The highest BCUT2D eigenvalue weighted by Crippen LogP contribution is 2.42. The molecule has 3 rings (SSSR count). The monoisotopic (exact) mass is 245 g/mol. The van der Waals surface area contributed by atoms with Crippen LogP contribution >= 0.6 is 7.92 Å². The maximum absolute atomic E-state index is 3.13. The van der Waals surface area contributed by atoms with Gasteiger partial charge in [-0.15, -0.1) is 0 Å². The van der Waals surface area contributed by atoms with E-state index in [1.807, 2.05) is 12.1 Å². The van der Waals surface area contributed by atoms with E-state index in [1.165, 1.54) is 10.6 Å². The van der Waals surface area contributed by atoms with Gasteiger partial charge in [0.2, 0.25) is 0 Å². The molecule has 1 heteroatoms. The van der Waals surface area contributed by atoms with E-state index in [0.29, 0.717) is 0 Å². The second-order valence-corrected chi connectivity index (χ2v) is 6.01. The molecule has 0 saturated heterocycles. The Hall–Kier alpha value is -2.05. The van der Waals surface area contributed by atoms with E-state index in [0.717, 1.165) is 5.31 Å². The molecule has 0 atom stereocenters. The van der Waals surface area contributed by atoms with Crippen LogP contribution in [-0.4, -0.2) is 0 Å². The molecule has 1 aliphatic carbocycles. The zero-order valence-corrected chi connectivity index (χ0v) is 10.6. The summed E-state index contributed by atoms with van der Waals surface area (Å²) in [4.78, 5) is 0. The van der Waals surface area contributed by atoms with Gasteiger partial charge in [-0.1, -0.05) is 72.1 Å². The van der Waals surface area contributed by atoms with E-state index >= 15 is 0 Å². The van der Waals surface area contributed by atoms with Crippen LogP contribution in [0.5, 0.6) is 0 Å². The lowest BCUT2D eigenvalue weighted by Gasteiger charge is -2.16. The largest absolute Gasteiger partial charge is 0.0622 e. The van der Waals surface area contributed by atoms with Crippen molar-refractivity contribution in [1.29, 1.82) is 0 Å². The average Bonchev–Trinajstić information content (AvgIpc) is 2.95. The van der Waals surface area contributed by atoms with Gasteiger partial charge >= 0.3 is 0 Å². The second-order valence-electron chi connectivity index (χ2n) is 3.86. The number of hydrogen-bond donors (Lipinski definition) is 0. The Morgan fingerprint density at radius 2 is 1.22 bits per heavy atom. The molecular formula is C17H10P. The summed E-state index contributed by atoms with van der Waals surface area (Å²) in [7, 11) is -0.583. The van der Waals surface area contributed by atoms with Gasteiger partial charge < -0.3 is 0 Å². The molecule has 0 fully saturated rings. The minimum atomic E-state index is -0.583. The van der Waals surface area contributed by atoms with Crippen molar-refractivity contribution in [2.24, 2.45) is 0 Å². The number of benzene rings is 2. The van der Waals surface area contributed by atoms with Crippen molar-refractivity contribution in [3.63, 3.8) is 0 Å². The molecule has 0 unspecified atom stereocenters. The summed E-state index contributed by atoms with van der Waals surface area (Å²) in [5, 5.41) is 3.67. The fourth-order valence-corrected chi connectivity index (χ4v) is 3.98. The summed E-state index contributed by atoms with van der Waals surface area (Å²) >= 11 is 0. The lowest BCUT2D eigenvalue weighted by Crippen LogP contribution is -2.11. The highest BCUT2D eigenvalue weighted by atomic mass is 31.1. The predicted octanol–water partition coefficient (Wildman–Crippen LogP) is 3.29. The summed E-state index contributed by atoms with van der Waals surface area (Å²) in [5.41, 5.74) is 8.85. The molecule has 0 saturated carbocycles. The van der Waals surface area contributed by atoms with Crippen LogP contribution in [0.3, 0.4) is 0 Å². The molecule has 0 nitrogen and oxygen atoms in total. The van der Waals surface area contributed by atoms with Crippen molar-refractivity contribution in [2.45, 2.75) is 0 Å². The van der Waals surface area contributed by atoms with Crippen molar-refractivity contribution >= 4 is 18.5 Å². The molecule has 1 aliphatic rings. The Morgan fingerprint density at radius 1 is 0.667 bits per heavy atom. The van der Waals surface area contributed by atoms with Crippen molar-refractivity contribution in [3.05, 3.63) is 89.2 Å². The van der Waals surface area contributed by atoms with E-state index in [9.17, 15) is 0 Å². The normalized spacial score (nSPS) is 12.2. The van der Waals surface area contributed by atoms with Crippen LogP contribution < -0.4 is 10.6 Å². The average molecular weight is 245 g/mol. The molecule has 2 aromatic carbocycles. The third-order valence-electron chi connectivity index (χ3n) is 2.68. The van der Waals surface area contributed by atoms with Crippen molar-refractivity contribution < 1.29 is 0 Å². The van der Waals surface area contributed by atoms with E-state index < -0.39 is 7.92 Å². The third-order valence-corrected chi connectivity index (χ3v) is 4.98. The Kier molecular flexibility index (Phi) is 3.12. The van der Waals surface area contributed by atoms with E-state index in [2.05, 4.69) is 71.8 Å². The fourth-order valence-electron chi connectivity index (χ4n) is 1.89. The first-order chi connectivity index (χ1) is 8.95. The smallest absolute Gasteiger partial charge is 0.0593 e. The van der Waals surface area contributed by atoms with E-state index in [4.69, 9.17) is 0 Å². The van der Waals surface area contributed by atoms with Crippen LogP contribution in [0.2, 0.25) is 0 Å². The van der Waals surface area contributed by atoms with Crippen LogP contribution in [-0.2, 0) is 0 Å². The minimum absolute atomic E-state index is 0.583. The molecule has 83 valence electrons. The topological polar surface area (TPSA) is 0 Å². The molecular weight excluding hydrogens is 235 g/mol. The summed E-state index contributed by atoms with van der Waals surface area (Å²) in [6.45, 7) is 0. The van der Waals surface area contributed by atoms with Crippen molar-refractivity contribution in [3.8, 4) is 0 Å². The van der Waals surface area contributed by atoms with Crippen molar-refractivity contribution in [1.82, 2.24) is 0 Å². The van der Waals surface area contributed by atoms with E-state index in [-0.39, 0.29) is 0 Å². The molecule has 0 amide bonds. The molecule has 2 aromatic rings. The molecule has 0 aliphatic heterocycles. The van der Waals surface area contributed by atoms with Crippen LogP contribution in [0, 0.1) is 6.08 Å². The van der Waals surface area contributed by atoms with Gasteiger partial charge in [-0.2, -0.15) is 0 Å². The van der Waals surface area contributed by atoms with Gasteiger partial charge in [-0.25, -0.2) is 0 Å². The molecule has 0 bridgehead atoms. The van der Waals surface area contributed by atoms with Crippen LogP contribution in [0.25, 0.3) is 0 Å². The predicted molar refractivity (Wildman–Crippen MR) is 76.4 cm³/mol. The zero-order valence-electron chi connectivity index (χ0n) is 9.72. The first-order valence-electron chi connectivity index (χ1n) is 5.74. The van der Waals surface area contributed by atoms with Gasteiger partial charge in [-0.3, -0.25) is 0 Å². The van der Waals surface area contributed by atoms with Gasteiger partial charge in [-0.05, 0) is 24.3 Å². The van der Waals surface area contributed by atoms with Gasteiger partial charge in [0.15, 0.2) is 0 Å². The van der Waals surface area contributed by atoms with Crippen LogP contribution in [0.1, 0.15) is 0 Å². The molecule has 18 heavy (non-hydrogen) atoms. The fraction of sp³-hybridized carbons (Fsp3) is 0. The van der Waals surface area contributed by atoms with Crippen LogP contribution in [0.4, 0.5) is 0 Å².